The lowest BCUT2D eigenvalue weighted by molar-refractivity contribution is 0.318. The number of hydrogen-bond acceptors (Lipinski definition) is 4. The van der Waals surface area contributed by atoms with E-state index in [9.17, 15) is 0 Å². The van der Waals surface area contributed by atoms with Crippen molar-refractivity contribution in [1.29, 1.82) is 0 Å². The summed E-state index contributed by atoms with van der Waals surface area (Å²) in [5.74, 6) is 0.937. The molecule has 4 nitrogen and oxygen atoms in total. The highest BCUT2D eigenvalue weighted by molar-refractivity contribution is 5.42. The van der Waals surface area contributed by atoms with E-state index >= 15 is 0 Å². The Balaban J connectivity index is 2.00. The van der Waals surface area contributed by atoms with Crippen LogP contribution in [0.5, 0.6) is 0 Å². The number of rotatable bonds is 5. The molecule has 0 atom stereocenters. The van der Waals surface area contributed by atoms with Gasteiger partial charge in [-0.2, -0.15) is 0 Å². The van der Waals surface area contributed by atoms with E-state index < -0.39 is 0 Å². The molecule has 0 aromatic carbocycles. The first-order chi connectivity index (χ1) is 8.29. The van der Waals surface area contributed by atoms with Crippen LogP contribution in [0.25, 0.3) is 0 Å². The highest BCUT2D eigenvalue weighted by atomic mass is 16.3. The fourth-order valence-electron chi connectivity index (χ4n) is 1.83. The second-order valence-corrected chi connectivity index (χ2v) is 4.07. The lowest BCUT2D eigenvalue weighted by Gasteiger charge is -2.17. The van der Waals surface area contributed by atoms with Crippen LogP contribution in [0.15, 0.2) is 41.3 Å². The number of hydrogen-bond donors (Lipinski definition) is 1. The van der Waals surface area contributed by atoms with Gasteiger partial charge in [0.15, 0.2) is 0 Å². The van der Waals surface area contributed by atoms with Crippen molar-refractivity contribution in [2.45, 2.75) is 13.1 Å². The Kier molecular flexibility index (Phi) is 3.77. The molecule has 2 rings (SSSR count). The number of aromatic nitrogens is 1. The van der Waals surface area contributed by atoms with Crippen LogP contribution in [0.4, 0.5) is 5.82 Å². The van der Waals surface area contributed by atoms with Gasteiger partial charge in [0.05, 0.1) is 12.5 Å². The molecule has 17 heavy (non-hydrogen) atoms. The normalized spacial score (nSPS) is 10.8. The molecule has 0 saturated carbocycles. The molecule has 0 aliphatic rings. The summed E-state index contributed by atoms with van der Waals surface area (Å²) in [5, 5.41) is 3.10. The maximum absolute atomic E-state index is 5.06. The molecule has 0 bridgehead atoms. The van der Waals surface area contributed by atoms with Gasteiger partial charge in [-0.1, -0.05) is 6.07 Å². The quantitative estimate of drug-likeness (QED) is 0.857. The van der Waals surface area contributed by atoms with Crippen LogP contribution in [0.3, 0.4) is 0 Å². The summed E-state index contributed by atoms with van der Waals surface area (Å²) in [4.78, 5) is 6.52. The van der Waals surface area contributed by atoms with Gasteiger partial charge in [-0.3, -0.25) is 4.90 Å². The molecule has 2 heterocycles. The van der Waals surface area contributed by atoms with E-state index in [4.69, 9.17) is 4.42 Å². The van der Waals surface area contributed by atoms with Crippen molar-refractivity contribution in [3.63, 3.8) is 0 Å². The van der Waals surface area contributed by atoms with Crippen molar-refractivity contribution in [2.24, 2.45) is 0 Å². The number of anilines is 1. The molecule has 0 aliphatic carbocycles. The lowest BCUT2D eigenvalue weighted by atomic mass is 10.2. The molecule has 0 aliphatic heterocycles. The lowest BCUT2D eigenvalue weighted by Crippen LogP contribution is -2.18. The SMILES string of the molecule is CNc1ncccc1CN(C)Cc1ccoc1. The van der Waals surface area contributed by atoms with Gasteiger partial charge >= 0.3 is 0 Å². The summed E-state index contributed by atoms with van der Waals surface area (Å²) in [6.45, 7) is 1.73. The third-order valence-corrected chi connectivity index (χ3v) is 2.60. The molecular weight excluding hydrogens is 214 g/mol. The van der Waals surface area contributed by atoms with E-state index in [0.29, 0.717) is 0 Å². The summed E-state index contributed by atoms with van der Waals surface area (Å²) >= 11 is 0. The van der Waals surface area contributed by atoms with E-state index in [0.717, 1.165) is 18.9 Å². The molecule has 4 heteroatoms. The Morgan fingerprint density at radius 1 is 1.35 bits per heavy atom. The minimum Gasteiger partial charge on any atom is -0.472 e. The Bertz CT molecular complexity index is 453. The summed E-state index contributed by atoms with van der Waals surface area (Å²) in [6.07, 6.45) is 5.27. The van der Waals surface area contributed by atoms with E-state index in [-0.39, 0.29) is 0 Å². The predicted molar refractivity (Wildman–Crippen MR) is 67.7 cm³/mol. The van der Waals surface area contributed by atoms with E-state index in [1.807, 2.05) is 19.2 Å². The maximum atomic E-state index is 5.06. The fourth-order valence-corrected chi connectivity index (χ4v) is 1.83. The first kappa shape index (κ1) is 11.7. The molecular formula is C13H17N3O. The molecule has 0 radical (unpaired) electrons. The van der Waals surface area contributed by atoms with Gasteiger partial charge in [-0.05, 0) is 19.2 Å². The van der Waals surface area contributed by atoms with Gasteiger partial charge in [0, 0.05) is 37.5 Å². The molecule has 0 saturated heterocycles. The third-order valence-electron chi connectivity index (χ3n) is 2.60. The Hall–Kier alpha value is -1.81. The average molecular weight is 231 g/mol. The summed E-state index contributed by atoms with van der Waals surface area (Å²) in [6, 6.07) is 6.03. The Morgan fingerprint density at radius 2 is 2.24 bits per heavy atom. The largest absolute Gasteiger partial charge is 0.472 e. The van der Waals surface area contributed by atoms with Crippen molar-refractivity contribution < 1.29 is 4.42 Å². The van der Waals surface area contributed by atoms with Crippen LogP contribution < -0.4 is 5.32 Å². The van der Waals surface area contributed by atoms with Gasteiger partial charge in [0.1, 0.15) is 5.82 Å². The Labute approximate surface area is 101 Å². The van der Waals surface area contributed by atoms with Gasteiger partial charge in [0.25, 0.3) is 0 Å². The van der Waals surface area contributed by atoms with Crippen molar-refractivity contribution in [1.82, 2.24) is 9.88 Å². The fraction of sp³-hybridized carbons (Fsp3) is 0.308. The second-order valence-electron chi connectivity index (χ2n) is 4.07. The van der Waals surface area contributed by atoms with Gasteiger partial charge < -0.3 is 9.73 Å². The summed E-state index contributed by atoms with van der Waals surface area (Å²) in [5.41, 5.74) is 2.38. The third kappa shape index (κ3) is 3.07. The second kappa shape index (κ2) is 5.50. The number of nitrogens with one attached hydrogen (secondary N) is 1. The smallest absolute Gasteiger partial charge is 0.130 e. The number of furan rings is 1. The highest BCUT2D eigenvalue weighted by Gasteiger charge is 2.06. The molecule has 0 amide bonds. The molecule has 2 aromatic heterocycles. The van der Waals surface area contributed by atoms with Crippen molar-refractivity contribution in [3.05, 3.63) is 48.0 Å². The van der Waals surface area contributed by atoms with E-state index in [1.54, 1.807) is 18.7 Å². The van der Waals surface area contributed by atoms with Gasteiger partial charge in [0.2, 0.25) is 0 Å². The van der Waals surface area contributed by atoms with E-state index in [2.05, 4.69) is 28.3 Å². The molecule has 2 aromatic rings. The van der Waals surface area contributed by atoms with Crippen LogP contribution in [-0.4, -0.2) is 24.0 Å². The standard InChI is InChI=1S/C13H17N3O/c1-14-13-12(4-3-6-15-13)9-16(2)8-11-5-7-17-10-11/h3-7,10H,8-9H2,1-2H3,(H,14,15). The molecule has 0 spiro atoms. The molecule has 90 valence electrons. The van der Waals surface area contributed by atoms with Crippen LogP contribution in [0.1, 0.15) is 11.1 Å². The maximum Gasteiger partial charge on any atom is 0.130 e. The minimum atomic E-state index is 0.856. The first-order valence-electron chi connectivity index (χ1n) is 5.61. The average Bonchev–Trinajstić information content (AvgIpc) is 2.82. The van der Waals surface area contributed by atoms with Crippen molar-refractivity contribution >= 4 is 5.82 Å². The molecule has 0 fully saturated rings. The zero-order valence-corrected chi connectivity index (χ0v) is 10.2. The zero-order chi connectivity index (χ0) is 12.1. The monoisotopic (exact) mass is 231 g/mol. The van der Waals surface area contributed by atoms with Crippen LogP contribution >= 0.6 is 0 Å². The van der Waals surface area contributed by atoms with Crippen LogP contribution in [0.2, 0.25) is 0 Å². The predicted octanol–water partition coefficient (Wildman–Crippen LogP) is 2.35. The molecule has 0 unspecified atom stereocenters. The number of nitrogens with zero attached hydrogens (tertiary/aromatic N) is 2. The van der Waals surface area contributed by atoms with Crippen LogP contribution in [0, 0.1) is 0 Å². The van der Waals surface area contributed by atoms with Crippen molar-refractivity contribution in [2.75, 3.05) is 19.4 Å². The zero-order valence-electron chi connectivity index (χ0n) is 10.2. The summed E-state index contributed by atoms with van der Waals surface area (Å²) < 4.78 is 5.06. The van der Waals surface area contributed by atoms with Crippen LogP contribution in [-0.2, 0) is 13.1 Å². The van der Waals surface area contributed by atoms with Crippen molar-refractivity contribution in [3.8, 4) is 0 Å². The Morgan fingerprint density at radius 3 is 2.94 bits per heavy atom. The van der Waals surface area contributed by atoms with Gasteiger partial charge in [-0.15, -0.1) is 0 Å². The summed E-state index contributed by atoms with van der Waals surface area (Å²) in [7, 11) is 3.97. The van der Waals surface area contributed by atoms with Gasteiger partial charge in [-0.25, -0.2) is 4.98 Å². The number of pyridine rings is 1. The first-order valence-corrected chi connectivity index (χ1v) is 5.61. The highest BCUT2D eigenvalue weighted by Crippen LogP contribution is 2.14. The topological polar surface area (TPSA) is 41.3 Å². The molecule has 1 N–H and O–H groups in total. The minimum absolute atomic E-state index is 0.856. The van der Waals surface area contributed by atoms with E-state index in [1.165, 1.54) is 11.1 Å².